The molecular weight excluding hydrogens is 280 g/mol. The fourth-order valence-electron chi connectivity index (χ4n) is 2.43. The standard InChI is InChI=1S/C14H17ClN2O3/c1-20-14(19)11-7-2-3-8-17(11)13(18)9-5-4-6-10(15)12(9)16/h4-6,11H,2-3,7-8,16H2,1H3. The minimum Gasteiger partial charge on any atom is -0.467 e. The zero-order valence-corrected chi connectivity index (χ0v) is 12.0. The number of anilines is 1. The molecule has 0 bridgehead atoms. The Morgan fingerprint density at radius 1 is 1.40 bits per heavy atom. The van der Waals surface area contributed by atoms with Crippen LogP contribution in [0.15, 0.2) is 18.2 Å². The summed E-state index contributed by atoms with van der Waals surface area (Å²) in [7, 11) is 1.33. The quantitative estimate of drug-likeness (QED) is 0.670. The van der Waals surface area contributed by atoms with Gasteiger partial charge in [-0.15, -0.1) is 0 Å². The topological polar surface area (TPSA) is 72.6 Å². The van der Waals surface area contributed by atoms with Gasteiger partial charge in [0.2, 0.25) is 0 Å². The van der Waals surface area contributed by atoms with E-state index < -0.39 is 12.0 Å². The highest BCUT2D eigenvalue weighted by molar-refractivity contribution is 6.34. The number of nitrogens with zero attached hydrogens (tertiary/aromatic N) is 1. The van der Waals surface area contributed by atoms with Crippen molar-refractivity contribution < 1.29 is 14.3 Å². The minimum absolute atomic E-state index is 0.244. The van der Waals surface area contributed by atoms with Gasteiger partial charge in [-0.3, -0.25) is 4.79 Å². The number of carbonyl (C=O) groups is 2. The third-order valence-corrected chi connectivity index (χ3v) is 3.85. The van der Waals surface area contributed by atoms with Gasteiger partial charge < -0.3 is 15.4 Å². The average molecular weight is 297 g/mol. The van der Waals surface area contributed by atoms with Crippen LogP contribution in [-0.4, -0.2) is 36.5 Å². The van der Waals surface area contributed by atoms with Gasteiger partial charge in [-0.05, 0) is 31.4 Å². The summed E-state index contributed by atoms with van der Waals surface area (Å²) in [4.78, 5) is 25.9. The van der Waals surface area contributed by atoms with Crippen molar-refractivity contribution in [2.45, 2.75) is 25.3 Å². The molecule has 108 valence electrons. The number of esters is 1. The Hall–Kier alpha value is -1.75. The number of methoxy groups -OCH3 is 1. The van der Waals surface area contributed by atoms with Crippen LogP contribution >= 0.6 is 11.6 Å². The predicted molar refractivity (Wildman–Crippen MR) is 76.6 cm³/mol. The molecule has 1 heterocycles. The van der Waals surface area contributed by atoms with E-state index in [-0.39, 0.29) is 11.6 Å². The van der Waals surface area contributed by atoms with Crippen molar-refractivity contribution in [1.82, 2.24) is 4.90 Å². The number of benzene rings is 1. The molecule has 1 aliphatic heterocycles. The lowest BCUT2D eigenvalue weighted by molar-refractivity contribution is -0.147. The fourth-order valence-corrected chi connectivity index (χ4v) is 2.61. The van der Waals surface area contributed by atoms with Crippen molar-refractivity contribution >= 4 is 29.2 Å². The molecular formula is C14H17ClN2O3. The van der Waals surface area contributed by atoms with Gasteiger partial charge in [0.25, 0.3) is 5.91 Å². The number of ether oxygens (including phenoxy) is 1. The molecule has 2 rings (SSSR count). The number of piperidine rings is 1. The molecule has 20 heavy (non-hydrogen) atoms. The number of hydrogen-bond donors (Lipinski definition) is 1. The summed E-state index contributed by atoms with van der Waals surface area (Å²) in [5, 5.41) is 0.336. The predicted octanol–water partition coefficient (Wildman–Crippen LogP) is 2.09. The first-order valence-corrected chi connectivity index (χ1v) is 6.87. The number of para-hydroxylation sites is 1. The van der Waals surface area contributed by atoms with E-state index in [1.807, 2.05) is 0 Å². The van der Waals surface area contributed by atoms with E-state index in [9.17, 15) is 9.59 Å². The second-order valence-corrected chi connectivity index (χ2v) is 5.14. The molecule has 1 amide bonds. The molecule has 1 saturated heterocycles. The van der Waals surface area contributed by atoms with Crippen LogP contribution < -0.4 is 5.73 Å². The van der Waals surface area contributed by atoms with Crippen LogP contribution in [-0.2, 0) is 9.53 Å². The molecule has 2 N–H and O–H groups in total. The third-order valence-electron chi connectivity index (χ3n) is 3.52. The normalized spacial score (nSPS) is 18.7. The van der Waals surface area contributed by atoms with Crippen LogP contribution in [0.4, 0.5) is 5.69 Å². The molecule has 1 aliphatic rings. The molecule has 5 nitrogen and oxygen atoms in total. The Bertz CT molecular complexity index is 533. The molecule has 0 aromatic heterocycles. The van der Waals surface area contributed by atoms with Gasteiger partial charge in [0.05, 0.1) is 23.4 Å². The SMILES string of the molecule is COC(=O)C1CCCCN1C(=O)c1cccc(Cl)c1N. The summed E-state index contributed by atoms with van der Waals surface area (Å²) in [5.41, 5.74) is 6.42. The van der Waals surface area contributed by atoms with Gasteiger partial charge in [0.15, 0.2) is 0 Å². The maximum Gasteiger partial charge on any atom is 0.328 e. The van der Waals surface area contributed by atoms with E-state index >= 15 is 0 Å². The number of carbonyl (C=O) groups excluding carboxylic acids is 2. The Morgan fingerprint density at radius 2 is 2.15 bits per heavy atom. The smallest absolute Gasteiger partial charge is 0.328 e. The van der Waals surface area contributed by atoms with Gasteiger partial charge >= 0.3 is 5.97 Å². The highest BCUT2D eigenvalue weighted by atomic mass is 35.5. The van der Waals surface area contributed by atoms with Crippen LogP contribution in [0.2, 0.25) is 5.02 Å². The van der Waals surface area contributed by atoms with Crippen molar-refractivity contribution in [3.63, 3.8) is 0 Å². The highest BCUT2D eigenvalue weighted by Gasteiger charge is 2.34. The number of likely N-dealkylation sites (tertiary alicyclic amines) is 1. The summed E-state index contributed by atoms with van der Waals surface area (Å²) < 4.78 is 4.77. The second kappa shape index (κ2) is 6.13. The monoisotopic (exact) mass is 296 g/mol. The number of nitrogens with two attached hydrogens (primary N) is 1. The Kier molecular flexibility index (Phi) is 4.49. The number of amides is 1. The Labute approximate surface area is 122 Å². The maximum atomic E-state index is 12.6. The number of halogens is 1. The molecule has 0 aliphatic carbocycles. The number of hydrogen-bond acceptors (Lipinski definition) is 4. The molecule has 6 heteroatoms. The molecule has 1 aromatic carbocycles. The third kappa shape index (κ3) is 2.72. The summed E-state index contributed by atoms with van der Waals surface area (Å²) >= 11 is 5.94. The first-order chi connectivity index (χ1) is 9.56. The van der Waals surface area contributed by atoms with Gasteiger partial charge in [-0.25, -0.2) is 4.79 Å². The first kappa shape index (κ1) is 14.7. The zero-order valence-electron chi connectivity index (χ0n) is 11.3. The zero-order chi connectivity index (χ0) is 14.7. The van der Waals surface area contributed by atoms with Crippen LogP contribution in [0.1, 0.15) is 29.6 Å². The molecule has 1 unspecified atom stereocenters. The minimum atomic E-state index is -0.542. The van der Waals surface area contributed by atoms with Crippen LogP contribution in [0.3, 0.4) is 0 Å². The fraction of sp³-hybridized carbons (Fsp3) is 0.429. The number of nitrogen functional groups attached to an aromatic ring is 1. The molecule has 0 saturated carbocycles. The van der Waals surface area contributed by atoms with Crippen molar-refractivity contribution in [1.29, 1.82) is 0 Å². The largest absolute Gasteiger partial charge is 0.467 e. The average Bonchev–Trinajstić information content (AvgIpc) is 2.48. The van der Waals surface area contributed by atoms with Gasteiger partial charge in [-0.2, -0.15) is 0 Å². The molecule has 1 fully saturated rings. The van der Waals surface area contributed by atoms with Crippen LogP contribution in [0, 0.1) is 0 Å². The number of rotatable bonds is 2. The summed E-state index contributed by atoms with van der Waals surface area (Å²) in [6, 6.07) is 4.37. The van der Waals surface area contributed by atoms with Crippen LogP contribution in [0.5, 0.6) is 0 Å². The van der Waals surface area contributed by atoms with Crippen molar-refractivity contribution in [2.75, 3.05) is 19.4 Å². The lowest BCUT2D eigenvalue weighted by Crippen LogP contribution is -2.48. The van der Waals surface area contributed by atoms with Gasteiger partial charge in [0, 0.05) is 6.54 Å². The lowest BCUT2D eigenvalue weighted by atomic mass is 10.0. The van der Waals surface area contributed by atoms with E-state index in [0.717, 1.165) is 12.8 Å². The molecule has 1 aromatic rings. The second-order valence-electron chi connectivity index (χ2n) is 4.73. The van der Waals surface area contributed by atoms with Crippen LogP contribution in [0.25, 0.3) is 0 Å². The highest BCUT2D eigenvalue weighted by Crippen LogP contribution is 2.26. The van der Waals surface area contributed by atoms with Gasteiger partial charge in [0.1, 0.15) is 6.04 Å². The van der Waals surface area contributed by atoms with E-state index in [0.29, 0.717) is 23.6 Å². The van der Waals surface area contributed by atoms with E-state index in [4.69, 9.17) is 22.1 Å². The Morgan fingerprint density at radius 3 is 2.85 bits per heavy atom. The van der Waals surface area contributed by atoms with Gasteiger partial charge in [-0.1, -0.05) is 17.7 Å². The van der Waals surface area contributed by atoms with Crippen molar-refractivity contribution in [2.24, 2.45) is 0 Å². The Balaban J connectivity index is 2.30. The molecule has 1 atom stereocenters. The van der Waals surface area contributed by atoms with E-state index in [2.05, 4.69) is 0 Å². The van der Waals surface area contributed by atoms with E-state index in [1.54, 1.807) is 18.2 Å². The van der Waals surface area contributed by atoms with Crippen molar-refractivity contribution in [3.8, 4) is 0 Å². The summed E-state index contributed by atoms with van der Waals surface area (Å²) in [6.07, 6.45) is 2.37. The molecule has 0 radical (unpaired) electrons. The maximum absolute atomic E-state index is 12.6. The first-order valence-electron chi connectivity index (χ1n) is 6.49. The summed E-state index contributed by atoms with van der Waals surface area (Å²) in [5.74, 6) is -0.668. The molecule has 0 spiro atoms. The lowest BCUT2D eigenvalue weighted by Gasteiger charge is -2.34. The summed E-state index contributed by atoms with van der Waals surface area (Å²) in [6.45, 7) is 0.518. The van der Waals surface area contributed by atoms with Crippen molar-refractivity contribution in [3.05, 3.63) is 28.8 Å². The van der Waals surface area contributed by atoms with E-state index in [1.165, 1.54) is 12.0 Å².